The highest BCUT2D eigenvalue weighted by molar-refractivity contribution is 5.91. The lowest BCUT2D eigenvalue weighted by molar-refractivity contribution is -0.118. The molecule has 2 N–H and O–H groups in total. The number of carboxylic acid groups (broad SMARTS) is 1. The van der Waals surface area contributed by atoms with Crippen LogP contribution in [0.25, 0.3) is 6.08 Å². The molecule has 5 heteroatoms. The van der Waals surface area contributed by atoms with Gasteiger partial charge in [0, 0.05) is 19.7 Å². The first-order valence-corrected chi connectivity index (χ1v) is 5.20. The van der Waals surface area contributed by atoms with Gasteiger partial charge in [-0.05, 0) is 24.6 Å². The van der Waals surface area contributed by atoms with Crippen molar-refractivity contribution in [1.82, 2.24) is 10.3 Å². The molecule has 0 spiro atoms. The largest absolute Gasteiger partial charge is 0.478 e. The number of carboxylic acids is 1. The number of hydrogen-bond donors (Lipinski definition) is 2. The predicted molar refractivity (Wildman–Crippen MR) is 63.5 cm³/mol. The lowest BCUT2D eigenvalue weighted by atomic mass is 10.2. The Morgan fingerprint density at radius 1 is 1.53 bits per heavy atom. The number of aromatic carboxylic acids is 1. The number of hydrogen-bond acceptors (Lipinski definition) is 3. The average Bonchev–Trinajstić information content (AvgIpc) is 2.28. The Kier molecular flexibility index (Phi) is 4.87. The van der Waals surface area contributed by atoms with Gasteiger partial charge in [0.2, 0.25) is 5.91 Å². The number of pyridine rings is 1. The number of nitrogens with zero attached hydrogens (tertiary/aromatic N) is 1. The first-order valence-electron chi connectivity index (χ1n) is 5.20. The third-order valence-electron chi connectivity index (χ3n) is 2.03. The molecule has 0 unspecified atom stereocenters. The normalized spacial score (nSPS) is 10.4. The fraction of sp³-hybridized carbons (Fsp3) is 0.250. The topological polar surface area (TPSA) is 79.3 Å². The number of amides is 1. The van der Waals surface area contributed by atoms with Crippen molar-refractivity contribution in [1.29, 1.82) is 0 Å². The molecule has 1 aromatic heterocycles. The van der Waals surface area contributed by atoms with E-state index in [1.54, 1.807) is 24.4 Å². The van der Waals surface area contributed by atoms with Gasteiger partial charge >= 0.3 is 5.97 Å². The summed E-state index contributed by atoms with van der Waals surface area (Å²) in [7, 11) is 0. The summed E-state index contributed by atoms with van der Waals surface area (Å²) in [5.41, 5.74) is 0.589. The molecule has 17 heavy (non-hydrogen) atoms. The highest BCUT2D eigenvalue weighted by Gasteiger charge is 2.06. The maximum Gasteiger partial charge on any atom is 0.337 e. The van der Waals surface area contributed by atoms with E-state index >= 15 is 0 Å². The fourth-order valence-corrected chi connectivity index (χ4v) is 1.26. The highest BCUT2D eigenvalue weighted by Crippen LogP contribution is 2.07. The van der Waals surface area contributed by atoms with E-state index in [9.17, 15) is 9.59 Å². The Morgan fingerprint density at radius 3 is 2.94 bits per heavy atom. The maximum atomic E-state index is 10.9. The summed E-state index contributed by atoms with van der Waals surface area (Å²) in [4.78, 5) is 25.4. The Bertz CT molecular complexity index is 441. The Hall–Kier alpha value is -2.17. The maximum absolute atomic E-state index is 10.9. The fourth-order valence-electron chi connectivity index (χ4n) is 1.26. The number of carbonyl (C=O) groups is 2. The first kappa shape index (κ1) is 12.9. The van der Waals surface area contributed by atoms with E-state index in [0.29, 0.717) is 18.7 Å². The van der Waals surface area contributed by atoms with Crippen LogP contribution in [0.1, 0.15) is 29.4 Å². The van der Waals surface area contributed by atoms with E-state index in [4.69, 9.17) is 5.11 Å². The lowest BCUT2D eigenvalue weighted by Gasteiger charge is -1.99. The molecule has 0 aliphatic carbocycles. The summed E-state index contributed by atoms with van der Waals surface area (Å²) >= 11 is 0. The molecule has 0 saturated carbocycles. The molecular formula is C12H14N2O3. The standard InChI is InChI=1S/C12H14N2O3/c1-9(15)13-7-3-2-6-11-10(12(16)17)5-4-8-14-11/h2,4-6,8H,3,7H2,1H3,(H,13,15)(H,16,17). The number of aromatic nitrogens is 1. The SMILES string of the molecule is CC(=O)NCCC=Cc1ncccc1C(=O)O. The summed E-state index contributed by atoms with van der Waals surface area (Å²) in [5.74, 6) is -1.08. The molecule has 1 rings (SSSR count). The van der Waals surface area contributed by atoms with Gasteiger partial charge in [0.15, 0.2) is 0 Å². The van der Waals surface area contributed by atoms with Crippen LogP contribution >= 0.6 is 0 Å². The predicted octanol–water partition coefficient (Wildman–Crippen LogP) is 1.32. The molecule has 1 amide bonds. The summed E-state index contributed by atoms with van der Waals surface area (Å²) in [6, 6.07) is 3.08. The quantitative estimate of drug-likeness (QED) is 0.753. The van der Waals surface area contributed by atoms with Gasteiger partial charge in [-0.2, -0.15) is 0 Å². The smallest absolute Gasteiger partial charge is 0.337 e. The van der Waals surface area contributed by atoms with Crippen LogP contribution < -0.4 is 5.32 Å². The van der Waals surface area contributed by atoms with Crippen LogP contribution in [-0.4, -0.2) is 28.5 Å². The molecular weight excluding hydrogens is 220 g/mol. The molecule has 0 radical (unpaired) electrons. The minimum Gasteiger partial charge on any atom is -0.478 e. The first-order chi connectivity index (χ1) is 8.11. The van der Waals surface area contributed by atoms with E-state index in [1.807, 2.05) is 0 Å². The van der Waals surface area contributed by atoms with Gasteiger partial charge in [0.05, 0.1) is 11.3 Å². The second-order valence-electron chi connectivity index (χ2n) is 3.42. The van der Waals surface area contributed by atoms with Gasteiger partial charge in [0.25, 0.3) is 0 Å². The highest BCUT2D eigenvalue weighted by atomic mass is 16.4. The van der Waals surface area contributed by atoms with Crippen molar-refractivity contribution in [2.24, 2.45) is 0 Å². The summed E-state index contributed by atoms with van der Waals surface area (Å²) in [6.07, 6.45) is 5.60. The molecule has 5 nitrogen and oxygen atoms in total. The van der Waals surface area contributed by atoms with Crippen molar-refractivity contribution in [3.05, 3.63) is 35.7 Å². The second kappa shape index (κ2) is 6.42. The zero-order chi connectivity index (χ0) is 12.7. The minimum atomic E-state index is -1.00. The molecule has 1 heterocycles. The van der Waals surface area contributed by atoms with E-state index in [2.05, 4.69) is 10.3 Å². The summed E-state index contributed by atoms with van der Waals surface area (Å²) < 4.78 is 0. The van der Waals surface area contributed by atoms with Gasteiger partial charge in [-0.3, -0.25) is 9.78 Å². The Labute approximate surface area is 99.2 Å². The zero-order valence-electron chi connectivity index (χ0n) is 9.51. The van der Waals surface area contributed by atoms with Crippen molar-refractivity contribution in [2.75, 3.05) is 6.54 Å². The second-order valence-corrected chi connectivity index (χ2v) is 3.42. The van der Waals surface area contributed by atoms with Crippen molar-refractivity contribution in [3.8, 4) is 0 Å². The lowest BCUT2D eigenvalue weighted by Crippen LogP contribution is -2.20. The minimum absolute atomic E-state index is 0.0811. The van der Waals surface area contributed by atoms with Gasteiger partial charge in [-0.15, -0.1) is 0 Å². The number of carbonyl (C=O) groups excluding carboxylic acids is 1. The summed E-state index contributed by atoms with van der Waals surface area (Å²) in [6.45, 7) is 1.98. The molecule has 0 aromatic carbocycles. The van der Waals surface area contributed by atoms with Crippen LogP contribution in [0.2, 0.25) is 0 Å². The monoisotopic (exact) mass is 234 g/mol. The van der Waals surface area contributed by atoms with Crippen molar-refractivity contribution in [2.45, 2.75) is 13.3 Å². The third-order valence-corrected chi connectivity index (χ3v) is 2.03. The molecule has 0 saturated heterocycles. The van der Waals surface area contributed by atoms with E-state index in [0.717, 1.165) is 0 Å². The number of nitrogens with one attached hydrogen (secondary N) is 1. The van der Waals surface area contributed by atoms with Gasteiger partial charge in [-0.1, -0.05) is 6.08 Å². The Balaban J connectivity index is 2.59. The van der Waals surface area contributed by atoms with Crippen LogP contribution in [0, 0.1) is 0 Å². The van der Waals surface area contributed by atoms with Crippen LogP contribution in [0.4, 0.5) is 0 Å². The van der Waals surface area contributed by atoms with Gasteiger partial charge in [-0.25, -0.2) is 4.79 Å². The van der Waals surface area contributed by atoms with Crippen LogP contribution in [0.15, 0.2) is 24.4 Å². The Morgan fingerprint density at radius 2 is 2.29 bits per heavy atom. The average molecular weight is 234 g/mol. The van der Waals surface area contributed by atoms with Crippen LogP contribution in [-0.2, 0) is 4.79 Å². The van der Waals surface area contributed by atoms with Gasteiger partial charge in [0.1, 0.15) is 0 Å². The molecule has 0 bridgehead atoms. The summed E-state index contributed by atoms with van der Waals surface area (Å²) in [5, 5.41) is 11.6. The molecule has 0 fully saturated rings. The third kappa shape index (κ3) is 4.46. The van der Waals surface area contributed by atoms with E-state index in [-0.39, 0.29) is 11.5 Å². The van der Waals surface area contributed by atoms with Crippen molar-refractivity contribution < 1.29 is 14.7 Å². The molecule has 0 atom stereocenters. The molecule has 90 valence electrons. The van der Waals surface area contributed by atoms with Crippen LogP contribution in [0.3, 0.4) is 0 Å². The van der Waals surface area contributed by atoms with E-state index < -0.39 is 5.97 Å². The molecule has 0 aliphatic heterocycles. The molecule has 1 aromatic rings. The van der Waals surface area contributed by atoms with Crippen molar-refractivity contribution >= 4 is 18.0 Å². The zero-order valence-corrected chi connectivity index (χ0v) is 9.51. The molecule has 0 aliphatic rings. The van der Waals surface area contributed by atoms with Crippen LogP contribution in [0.5, 0.6) is 0 Å². The number of rotatable bonds is 5. The van der Waals surface area contributed by atoms with E-state index in [1.165, 1.54) is 13.0 Å². The van der Waals surface area contributed by atoms with Gasteiger partial charge < -0.3 is 10.4 Å². The van der Waals surface area contributed by atoms with Crippen molar-refractivity contribution in [3.63, 3.8) is 0 Å².